The molecule has 16 heteroatoms. The highest BCUT2D eigenvalue weighted by Crippen LogP contribution is 2.13. The molecular weight excluding hydrogens is 412 g/mol. The monoisotopic (exact) mass is 432 g/mol. The van der Waals surface area contributed by atoms with E-state index in [9.17, 15) is 38.4 Å². The molecule has 0 bridgehead atoms. The van der Waals surface area contributed by atoms with Gasteiger partial charge >= 0.3 is 30.1 Å². The summed E-state index contributed by atoms with van der Waals surface area (Å²) in [6.45, 7) is 4.06. The van der Waals surface area contributed by atoms with E-state index in [-0.39, 0.29) is 11.6 Å². The van der Waals surface area contributed by atoms with Crippen molar-refractivity contribution in [3.8, 4) is 0 Å². The Bertz CT molecular complexity index is 720. The number of hydrogen-bond acceptors (Lipinski definition) is 10. The maximum Gasteiger partial charge on any atom is 0.343 e. The molecule has 2 rings (SSSR count). The van der Waals surface area contributed by atoms with E-state index in [0.717, 1.165) is 27.7 Å². The lowest BCUT2D eigenvalue weighted by molar-refractivity contribution is -0.231. The zero-order valence-electron chi connectivity index (χ0n) is 16.4. The van der Waals surface area contributed by atoms with Gasteiger partial charge in [-0.15, -0.1) is 0 Å². The maximum atomic E-state index is 11.6. The molecule has 0 radical (unpaired) electrons. The molecule has 2 saturated heterocycles. The molecule has 166 valence electrons. The summed E-state index contributed by atoms with van der Waals surface area (Å²) in [4.78, 5) is 91.2. The Balaban J connectivity index is 0.000000531. The van der Waals surface area contributed by atoms with Crippen molar-refractivity contribution in [2.45, 2.75) is 27.7 Å². The third kappa shape index (κ3) is 7.89. The summed E-state index contributed by atoms with van der Waals surface area (Å²) in [6, 6.07) is -2.97. The molecule has 16 nitrogen and oxygen atoms in total. The quantitative estimate of drug-likeness (QED) is 0.263. The van der Waals surface area contributed by atoms with Crippen molar-refractivity contribution in [1.29, 1.82) is 0 Å². The fourth-order valence-electron chi connectivity index (χ4n) is 1.72. The first-order valence-electron chi connectivity index (χ1n) is 7.92. The number of imide groups is 6. The highest BCUT2D eigenvalue weighted by Gasteiger charge is 2.42. The Hall–Kier alpha value is -4.08. The SMILES string of the molecule is CC(=O)N1CN(C(C)=O)C(=O)N(C(C)=O)C1=O.CC(=O)OO.O=C1NCNC(=O)N1. The second kappa shape index (κ2) is 11.7. The van der Waals surface area contributed by atoms with Gasteiger partial charge in [0.2, 0.25) is 17.7 Å². The van der Waals surface area contributed by atoms with Gasteiger partial charge in [-0.1, -0.05) is 0 Å². The van der Waals surface area contributed by atoms with Gasteiger partial charge in [0.1, 0.15) is 6.67 Å². The van der Waals surface area contributed by atoms with Crippen LogP contribution in [0.5, 0.6) is 0 Å². The molecule has 0 aromatic heterocycles. The normalized spacial score (nSPS) is 15.3. The van der Waals surface area contributed by atoms with E-state index in [4.69, 9.17) is 5.26 Å². The number of rotatable bonds is 0. The molecule has 2 aliphatic rings. The summed E-state index contributed by atoms with van der Waals surface area (Å²) in [6.07, 6.45) is 0. The molecule has 4 N–H and O–H groups in total. The van der Waals surface area contributed by atoms with Crippen LogP contribution in [0.3, 0.4) is 0 Å². The summed E-state index contributed by atoms with van der Waals surface area (Å²) in [7, 11) is 0. The van der Waals surface area contributed by atoms with Gasteiger partial charge in [0.15, 0.2) is 0 Å². The number of urea groups is 4. The Labute approximate surface area is 169 Å². The highest BCUT2D eigenvalue weighted by molar-refractivity contribution is 6.16. The number of carbonyl (C=O) groups excluding carboxylic acids is 8. The van der Waals surface area contributed by atoms with Crippen LogP contribution in [0.2, 0.25) is 0 Å². The minimum absolute atomic E-state index is 0.213. The largest absolute Gasteiger partial charge is 0.343 e. The highest BCUT2D eigenvalue weighted by atomic mass is 17.1. The average Bonchev–Trinajstić information content (AvgIpc) is 2.61. The van der Waals surface area contributed by atoms with E-state index in [1.165, 1.54) is 0 Å². The van der Waals surface area contributed by atoms with Crippen LogP contribution in [-0.4, -0.2) is 81.1 Å². The van der Waals surface area contributed by atoms with Crippen LogP contribution < -0.4 is 16.0 Å². The molecule has 0 spiro atoms. The first kappa shape index (κ1) is 25.9. The van der Waals surface area contributed by atoms with Crippen molar-refractivity contribution < 1.29 is 48.5 Å². The lowest BCUT2D eigenvalue weighted by Gasteiger charge is -2.36. The number of hydrogen-bond donors (Lipinski definition) is 4. The van der Waals surface area contributed by atoms with Crippen LogP contribution in [0.4, 0.5) is 19.2 Å². The molecule has 2 heterocycles. The van der Waals surface area contributed by atoms with Gasteiger partial charge in [-0.2, -0.15) is 10.2 Å². The summed E-state index contributed by atoms with van der Waals surface area (Å²) in [5.74, 6) is -2.85. The van der Waals surface area contributed by atoms with Crippen molar-refractivity contribution in [3.63, 3.8) is 0 Å². The minimum atomic E-state index is -1.03. The average molecular weight is 432 g/mol. The second-order valence-corrected chi connectivity index (χ2v) is 5.35. The van der Waals surface area contributed by atoms with Gasteiger partial charge in [-0.05, 0) is 0 Å². The Morgan fingerprint density at radius 1 is 0.800 bits per heavy atom. The van der Waals surface area contributed by atoms with Gasteiger partial charge < -0.3 is 15.5 Å². The van der Waals surface area contributed by atoms with E-state index < -0.39 is 54.5 Å². The predicted molar refractivity (Wildman–Crippen MR) is 92.7 cm³/mol. The van der Waals surface area contributed by atoms with Gasteiger partial charge in [0.05, 0.1) is 6.67 Å². The molecule has 11 amide bonds. The lowest BCUT2D eigenvalue weighted by Crippen LogP contribution is -2.64. The van der Waals surface area contributed by atoms with E-state index in [1.54, 1.807) is 0 Å². The molecule has 30 heavy (non-hydrogen) atoms. The summed E-state index contributed by atoms with van der Waals surface area (Å²) >= 11 is 0. The first-order chi connectivity index (χ1) is 13.8. The fraction of sp³-hybridized carbons (Fsp3) is 0.429. The van der Waals surface area contributed by atoms with Gasteiger partial charge in [-0.25, -0.2) is 33.8 Å². The van der Waals surface area contributed by atoms with Crippen LogP contribution >= 0.6 is 0 Å². The van der Waals surface area contributed by atoms with Crippen LogP contribution in [0.1, 0.15) is 27.7 Å². The van der Waals surface area contributed by atoms with Crippen LogP contribution in [0, 0.1) is 0 Å². The number of nitrogens with one attached hydrogen (secondary N) is 3. The summed E-state index contributed by atoms with van der Waals surface area (Å²) < 4.78 is 0. The third-order valence-corrected chi connectivity index (χ3v) is 3.06. The number of amides is 11. The van der Waals surface area contributed by atoms with E-state index in [2.05, 4.69) is 15.5 Å². The Morgan fingerprint density at radius 3 is 1.37 bits per heavy atom. The Kier molecular flexibility index (Phi) is 10.1. The molecule has 0 atom stereocenters. The van der Waals surface area contributed by atoms with Crippen molar-refractivity contribution in [1.82, 2.24) is 30.7 Å². The molecule has 0 aromatic carbocycles. The fourth-order valence-corrected chi connectivity index (χ4v) is 1.72. The smallest absolute Gasteiger partial charge is 0.320 e. The molecular formula is C14H20N6O10. The second-order valence-electron chi connectivity index (χ2n) is 5.35. The molecule has 2 aliphatic heterocycles. The minimum Gasteiger partial charge on any atom is -0.320 e. The van der Waals surface area contributed by atoms with Crippen LogP contribution in [-0.2, 0) is 24.1 Å². The molecule has 2 fully saturated rings. The predicted octanol–water partition coefficient (Wildman–Crippen LogP) is -1.27. The van der Waals surface area contributed by atoms with Gasteiger partial charge in [0, 0.05) is 27.7 Å². The van der Waals surface area contributed by atoms with E-state index in [0.29, 0.717) is 9.80 Å². The van der Waals surface area contributed by atoms with Crippen molar-refractivity contribution in [2.75, 3.05) is 13.3 Å². The third-order valence-electron chi connectivity index (χ3n) is 3.06. The van der Waals surface area contributed by atoms with Crippen LogP contribution in [0.15, 0.2) is 0 Å². The Morgan fingerprint density at radius 2 is 1.17 bits per heavy atom. The standard InChI is InChI=1S/C9H11N3O5.C3H5N3O2.C2H4O3/c1-5(13)10-4-11(6(2)14)9(17)12(7(3)15)8(10)16;7-2-4-1-5-3(8)6-2;1-2(3)5-4/h4H2,1-3H3;1H2,(H3,4,5,6,7,8);4H,1H3. The van der Waals surface area contributed by atoms with Crippen molar-refractivity contribution in [2.24, 2.45) is 0 Å². The lowest BCUT2D eigenvalue weighted by atomic mass is 10.4. The zero-order chi connectivity index (χ0) is 23.6. The topological polar surface area (TPSA) is 212 Å². The molecule has 0 aromatic rings. The van der Waals surface area contributed by atoms with Crippen molar-refractivity contribution in [3.05, 3.63) is 0 Å². The first-order valence-corrected chi connectivity index (χ1v) is 7.92. The van der Waals surface area contributed by atoms with E-state index in [1.807, 2.05) is 5.32 Å². The molecule has 0 unspecified atom stereocenters. The van der Waals surface area contributed by atoms with Crippen molar-refractivity contribution >= 4 is 47.8 Å². The molecule has 0 aliphatic carbocycles. The van der Waals surface area contributed by atoms with Gasteiger partial charge in [0.25, 0.3) is 0 Å². The zero-order valence-corrected chi connectivity index (χ0v) is 16.4. The summed E-state index contributed by atoms with van der Waals surface area (Å²) in [5, 5.41) is 13.9. The maximum absolute atomic E-state index is 11.6. The summed E-state index contributed by atoms with van der Waals surface area (Å²) in [5.41, 5.74) is 0. The number of nitrogens with zero attached hydrogens (tertiary/aromatic N) is 3. The van der Waals surface area contributed by atoms with Crippen LogP contribution in [0.25, 0.3) is 0 Å². The molecule has 0 saturated carbocycles. The number of carbonyl (C=O) groups is 8. The van der Waals surface area contributed by atoms with Gasteiger partial charge in [-0.3, -0.25) is 19.7 Å². The van der Waals surface area contributed by atoms with E-state index >= 15 is 0 Å².